The lowest BCUT2D eigenvalue weighted by Crippen LogP contribution is -2.48. The van der Waals surface area contributed by atoms with Crippen molar-refractivity contribution in [3.05, 3.63) is 48.0 Å². The number of anilines is 1. The summed E-state index contributed by atoms with van der Waals surface area (Å²) < 4.78 is 0. The molecule has 0 bridgehead atoms. The maximum Gasteiger partial charge on any atom is 0.222 e. The zero-order chi connectivity index (χ0) is 20.5. The highest BCUT2D eigenvalue weighted by atomic mass is 32.2. The Labute approximate surface area is 175 Å². The van der Waals surface area contributed by atoms with Gasteiger partial charge in [0.15, 0.2) is 5.82 Å². The van der Waals surface area contributed by atoms with Gasteiger partial charge < -0.3 is 10.2 Å². The molecule has 1 saturated heterocycles. The second-order valence-electron chi connectivity index (χ2n) is 7.03. The molecule has 8 heteroatoms. The molecule has 0 unspecified atom stereocenters. The van der Waals surface area contributed by atoms with E-state index in [0.29, 0.717) is 12.2 Å². The van der Waals surface area contributed by atoms with Crippen molar-refractivity contribution in [1.29, 1.82) is 0 Å². The Morgan fingerprint density at radius 1 is 1.03 bits per heavy atom. The van der Waals surface area contributed by atoms with Gasteiger partial charge in [-0.25, -0.2) is 0 Å². The monoisotopic (exact) mass is 413 g/mol. The van der Waals surface area contributed by atoms with Crippen molar-refractivity contribution in [3.8, 4) is 0 Å². The van der Waals surface area contributed by atoms with Crippen LogP contribution in [0.2, 0.25) is 0 Å². The maximum atomic E-state index is 12.5. The van der Waals surface area contributed by atoms with E-state index in [-0.39, 0.29) is 11.8 Å². The summed E-state index contributed by atoms with van der Waals surface area (Å²) in [4.78, 5) is 27.8. The third-order valence-electron chi connectivity index (χ3n) is 4.70. The number of rotatable bonds is 8. The van der Waals surface area contributed by atoms with Gasteiger partial charge in [0.25, 0.3) is 0 Å². The number of aromatic nitrogens is 2. The summed E-state index contributed by atoms with van der Waals surface area (Å²) in [5.41, 5.74) is 1.32. The summed E-state index contributed by atoms with van der Waals surface area (Å²) in [5.74, 6) is 1.33. The van der Waals surface area contributed by atoms with Crippen LogP contribution in [0.3, 0.4) is 0 Å². The molecule has 1 aromatic heterocycles. The minimum Gasteiger partial charge on any atom is -0.340 e. The third-order valence-corrected chi connectivity index (χ3v) is 5.71. The van der Waals surface area contributed by atoms with Crippen LogP contribution in [0.1, 0.15) is 25.3 Å². The van der Waals surface area contributed by atoms with Crippen molar-refractivity contribution in [1.82, 2.24) is 20.0 Å². The normalized spacial score (nSPS) is 14.6. The van der Waals surface area contributed by atoms with E-state index in [1.807, 2.05) is 17.0 Å². The van der Waals surface area contributed by atoms with Crippen molar-refractivity contribution in [3.63, 3.8) is 0 Å². The summed E-state index contributed by atoms with van der Waals surface area (Å²) in [7, 11) is 0. The molecule has 1 aliphatic heterocycles. The number of carbonyl (C=O) groups is 2. The van der Waals surface area contributed by atoms with Gasteiger partial charge >= 0.3 is 0 Å². The summed E-state index contributed by atoms with van der Waals surface area (Å²) in [5, 5.41) is 11.4. The van der Waals surface area contributed by atoms with E-state index in [9.17, 15) is 9.59 Å². The van der Waals surface area contributed by atoms with Gasteiger partial charge in [0.05, 0.1) is 0 Å². The molecule has 2 amide bonds. The summed E-state index contributed by atoms with van der Waals surface area (Å²) in [6.45, 7) is 5.83. The summed E-state index contributed by atoms with van der Waals surface area (Å²) in [6, 6.07) is 14.0. The van der Waals surface area contributed by atoms with Gasteiger partial charge in [0.2, 0.25) is 11.8 Å². The molecule has 0 aliphatic carbocycles. The third kappa shape index (κ3) is 7.14. The molecule has 1 fully saturated rings. The predicted molar refractivity (Wildman–Crippen MR) is 115 cm³/mol. The average Bonchev–Trinajstić information content (AvgIpc) is 2.73. The Morgan fingerprint density at radius 2 is 1.79 bits per heavy atom. The molecule has 3 rings (SSSR count). The highest BCUT2D eigenvalue weighted by molar-refractivity contribution is 7.99. The number of hydrogen-bond donors (Lipinski definition) is 1. The van der Waals surface area contributed by atoms with Gasteiger partial charge in [-0.15, -0.1) is 22.0 Å². The fourth-order valence-corrected chi connectivity index (χ4v) is 3.96. The average molecular weight is 414 g/mol. The van der Waals surface area contributed by atoms with E-state index in [0.717, 1.165) is 49.9 Å². The van der Waals surface area contributed by atoms with Crippen molar-refractivity contribution in [2.24, 2.45) is 0 Å². The van der Waals surface area contributed by atoms with Gasteiger partial charge in [-0.2, -0.15) is 0 Å². The molecule has 0 radical (unpaired) electrons. The number of piperazine rings is 1. The number of hydrogen-bond acceptors (Lipinski definition) is 6. The lowest BCUT2D eigenvalue weighted by molar-refractivity contribution is -0.133. The number of thioether (sulfide) groups is 1. The Bertz CT molecular complexity index is 792. The topological polar surface area (TPSA) is 78.4 Å². The molecular formula is C21H27N5O2S. The Morgan fingerprint density at radius 3 is 2.45 bits per heavy atom. The maximum absolute atomic E-state index is 12.5. The van der Waals surface area contributed by atoms with Gasteiger partial charge in [-0.1, -0.05) is 30.3 Å². The number of nitrogens with one attached hydrogen (secondary N) is 1. The number of benzene rings is 1. The van der Waals surface area contributed by atoms with Crippen LogP contribution in [0.5, 0.6) is 0 Å². The first-order chi connectivity index (χ1) is 14.1. The van der Waals surface area contributed by atoms with E-state index in [4.69, 9.17) is 0 Å². The van der Waals surface area contributed by atoms with Gasteiger partial charge in [0, 0.05) is 51.8 Å². The highest BCUT2D eigenvalue weighted by Gasteiger charge is 2.20. The SMILES string of the molecule is CC(=O)Nc1ccc(SCCCC(=O)N2CCN(Cc3ccccc3)CC2)nn1. The standard InChI is InChI=1S/C21H27N5O2S/c1-17(27)22-19-9-10-20(24-23-19)29-15-5-8-21(28)26-13-11-25(12-14-26)16-18-6-3-2-4-7-18/h2-4,6-7,9-10H,5,8,11-16H2,1H3,(H,22,23,27). The lowest BCUT2D eigenvalue weighted by Gasteiger charge is -2.34. The molecule has 7 nitrogen and oxygen atoms in total. The van der Waals surface area contributed by atoms with Crippen LogP contribution < -0.4 is 5.32 Å². The minimum atomic E-state index is -0.167. The minimum absolute atomic E-state index is 0.167. The van der Waals surface area contributed by atoms with Crippen LogP contribution in [-0.4, -0.2) is 63.7 Å². The number of amides is 2. The summed E-state index contributed by atoms with van der Waals surface area (Å²) in [6.07, 6.45) is 1.37. The van der Waals surface area contributed by atoms with E-state index in [1.54, 1.807) is 17.8 Å². The molecule has 1 N–H and O–H groups in total. The van der Waals surface area contributed by atoms with E-state index in [1.165, 1.54) is 12.5 Å². The highest BCUT2D eigenvalue weighted by Crippen LogP contribution is 2.18. The first kappa shape index (κ1) is 21.3. The van der Waals surface area contributed by atoms with Gasteiger partial charge in [-0.3, -0.25) is 14.5 Å². The molecule has 29 heavy (non-hydrogen) atoms. The molecule has 2 aromatic rings. The van der Waals surface area contributed by atoms with Crippen LogP contribution >= 0.6 is 11.8 Å². The fraction of sp³-hybridized carbons (Fsp3) is 0.429. The second kappa shape index (κ2) is 10.9. The van der Waals surface area contributed by atoms with E-state index >= 15 is 0 Å². The molecular weight excluding hydrogens is 386 g/mol. The fourth-order valence-electron chi connectivity index (χ4n) is 3.20. The Hall–Kier alpha value is -2.45. The zero-order valence-corrected chi connectivity index (χ0v) is 17.5. The quantitative estimate of drug-likeness (QED) is 0.530. The molecule has 0 atom stereocenters. The Balaban J connectivity index is 1.31. The second-order valence-corrected chi connectivity index (χ2v) is 8.15. The van der Waals surface area contributed by atoms with Crippen molar-refractivity contribution < 1.29 is 9.59 Å². The zero-order valence-electron chi connectivity index (χ0n) is 16.7. The van der Waals surface area contributed by atoms with Crippen LogP contribution in [-0.2, 0) is 16.1 Å². The van der Waals surface area contributed by atoms with Gasteiger partial charge in [0.1, 0.15) is 5.03 Å². The van der Waals surface area contributed by atoms with Crippen LogP contribution in [0.4, 0.5) is 5.82 Å². The largest absolute Gasteiger partial charge is 0.340 e. The first-order valence-corrected chi connectivity index (χ1v) is 10.9. The molecule has 1 aromatic carbocycles. The molecule has 2 heterocycles. The lowest BCUT2D eigenvalue weighted by atomic mass is 10.2. The van der Waals surface area contributed by atoms with Gasteiger partial charge in [-0.05, 0) is 24.1 Å². The van der Waals surface area contributed by atoms with Crippen molar-refractivity contribution in [2.45, 2.75) is 31.3 Å². The molecule has 154 valence electrons. The number of nitrogens with zero attached hydrogens (tertiary/aromatic N) is 4. The van der Waals surface area contributed by atoms with Crippen LogP contribution in [0, 0.1) is 0 Å². The molecule has 1 aliphatic rings. The van der Waals surface area contributed by atoms with Crippen LogP contribution in [0.25, 0.3) is 0 Å². The molecule has 0 spiro atoms. The smallest absolute Gasteiger partial charge is 0.222 e. The summed E-state index contributed by atoms with van der Waals surface area (Å²) >= 11 is 1.57. The van der Waals surface area contributed by atoms with E-state index in [2.05, 4.69) is 44.7 Å². The Kier molecular flexibility index (Phi) is 8.01. The van der Waals surface area contributed by atoms with Crippen molar-refractivity contribution in [2.75, 3.05) is 37.2 Å². The van der Waals surface area contributed by atoms with Crippen molar-refractivity contribution >= 4 is 29.4 Å². The number of carbonyl (C=O) groups excluding carboxylic acids is 2. The van der Waals surface area contributed by atoms with Crippen LogP contribution in [0.15, 0.2) is 47.5 Å². The first-order valence-electron chi connectivity index (χ1n) is 9.88. The molecule has 0 saturated carbocycles. The predicted octanol–water partition coefficient (Wildman–Crippen LogP) is 2.65. The van der Waals surface area contributed by atoms with E-state index < -0.39 is 0 Å².